The van der Waals surface area contributed by atoms with Gasteiger partial charge in [-0.15, -0.1) is 0 Å². The molecule has 0 aromatic carbocycles. The van der Waals surface area contributed by atoms with Gasteiger partial charge in [-0.1, -0.05) is 41.2 Å². The maximum atomic E-state index is 10.9. The van der Waals surface area contributed by atoms with Gasteiger partial charge in [-0.25, -0.2) is 0 Å². The molecule has 0 radical (unpaired) electrons. The van der Waals surface area contributed by atoms with E-state index in [-0.39, 0.29) is 29.0 Å². The van der Waals surface area contributed by atoms with Gasteiger partial charge >= 0.3 is 0 Å². The highest BCUT2D eigenvalue weighted by molar-refractivity contribution is 5.22. The molecular formula is C30H50O3. The van der Waals surface area contributed by atoms with Gasteiger partial charge < -0.3 is 15.3 Å². The Morgan fingerprint density at radius 1 is 0.788 bits per heavy atom. The first-order valence-corrected chi connectivity index (χ1v) is 14.0. The van der Waals surface area contributed by atoms with Gasteiger partial charge in [0.05, 0.1) is 12.7 Å². The molecule has 5 rings (SSSR count). The summed E-state index contributed by atoms with van der Waals surface area (Å²) in [6.07, 6.45) is 11.5. The molecule has 0 aliphatic heterocycles. The number of hydrogen-bond acceptors (Lipinski definition) is 3. The van der Waals surface area contributed by atoms with E-state index in [0.29, 0.717) is 47.0 Å². The molecule has 5 aliphatic carbocycles. The molecule has 0 saturated heterocycles. The topological polar surface area (TPSA) is 60.7 Å². The second-order valence-electron chi connectivity index (χ2n) is 14.6. The SMILES string of the molecule is C=C(CO)[C@@H]1CC[C@]2(CO)CC[C@]3(C)[C@H](CC[C@@H]4[C@@]5(C)CC[C@H](O)C(C)(C)[C@@H]5CC[C@]43C)[C@@H]12. The number of aliphatic hydroxyl groups is 3. The molecule has 0 aromatic heterocycles. The third-order valence-electron chi connectivity index (χ3n) is 13.6. The van der Waals surface area contributed by atoms with Crippen LogP contribution in [0.3, 0.4) is 0 Å². The molecule has 5 aliphatic rings. The molecule has 0 spiro atoms. The van der Waals surface area contributed by atoms with Gasteiger partial charge in [0.1, 0.15) is 0 Å². The second kappa shape index (κ2) is 7.56. The van der Waals surface area contributed by atoms with Crippen molar-refractivity contribution in [3.63, 3.8) is 0 Å². The minimum atomic E-state index is -0.171. The van der Waals surface area contributed by atoms with Crippen molar-refractivity contribution < 1.29 is 15.3 Å². The zero-order valence-corrected chi connectivity index (χ0v) is 22.0. The fourth-order valence-electron chi connectivity index (χ4n) is 11.6. The van der Waals surface area contributed by atoms with E-state index in [4.69, 9.17) is 0 Å². The Balaban J connectivity index is 1.54. The monoisotopic (exact) mass is 458 g/mol. The van der Waals surface area contributed by atoms with Gasteiger partial charge in [0.25, 0.3) is 0 Å². The second-order valence-corrected chi connectivity index (χ2v) is 14.6. The maximum absolute atomic E-state index is 10.9. The van der Waals surface area contributed by atoms with Crippen LogP contribution < -0.4 is 0 Å². The van der Waals surface area contributed by atoms with Crippen molar-refractivity contribution in [1.82, 2.24) is 0 Å². The molecule has 188 valence electrons. The number of aliphatic hydroxyl groups excluding tert-OH is 3. The molecule has 0 unspecified atom stereocenters. The van der Waals surface area contributed by atoms with Gasteiger partial charge in [0, 0.05) is 6.61 Å². The van der Waals surface area contributed by atoms with E-state index in [1.807, 2.05) is 0 Å². The van der Waals surface area contributed by atoms with Gasteiger partial charge in [0.2, 0.25) is 0 Å². The smallest absolute Gasteiger partial charge is 0.0641 e. The lowest BCUT2D eigenvalue weighted by Crippen LogP contribution is -2.66. The highest BCUT2D eigenvalue weighted by Crippen LogP contribution is 2.77. The van der Waals surface area contributed by atoms with Gasteiger partial charge in [-0.05, 0) is 126 Å². The van der Waals surface area contributed by atoms with E-state index in [9.17, 15) is 15.3 Å². The van der Waals surface area contributed by atoms with Crippen LogP contribution in [0.1, 0.15) is 98.8 Å². The van der Waals surface area contributed by atoms with E-state index >= 15 is 0 Å². The molecule has 0 bridgehead atoms. The molecule has 5 fully saturated rings. The predicted molar refractivity (Wildman–Crippen MR) is 133 cm³/mol. The van der Waals surface area contributed by atoms with Crippen molar-refractivity contribution >= 4 is 0 Å². The Labute approximate surface area is 202 Å². The molecule has 0 amide bonds. The molecule has 3 heteroatoms. The predicted octanol–water partition coefficient (Wildman–Crippen LogP) is 5.97. The summed E-state index contributed by atoms with van der Waals surface area (Å²) in [5.74, 6) is 2.74. The third kappa shape index (κ3) is 2.91. The van der Waals surface area contributed by atoms with Crippen molar-refractivity contribution in [3.8, 4) is 0 Å². The van der Waals surface area contributed by atoms with Crippen molar-refractivity contribution in [3.05, 3.63) is 12.2 Å². The minimum Gasteiger partial charge on any atom is -0.396 e. The average molecular weight is 459 g/mol. The van der Waals surface area contributed by atoms with Crippen molar-refractivity contribution in [2.45, 2.75) is 105 Å². The molecule has 33 heavy (non-hydrogen) atoms. The van der Waals surface area contributed by atoms with Crippen LogP contribution in [-0.2, 0) is 0 Å². The van der Waals surface area contributed by atoms with Crippen LogP contribution in [0, 0.1) is 56.7 Å². The van der Waals surface area contributed by atoms with E-state index < -0.39 is 0 Å². The first kappa shape index (κ1) is 24.3. The largest absolute Gasteiger partial charge is 0.396 e. The highest BCUT2D eigenvalue weighted by atomic mass is 16.3. The minimum absolute atomic E-state index is 0.000105. The molecule has 0 heterocycles. The fourth-order valence-corrected chi connectivity index (χ4v) is 11.6. The van der Waals surface area contributed by atoms with Crippen LogP contribution in [-0.4, -0.2) is 34.6 Å². The van der Waals surface area contributed by atoms with Crippen molar-refractivity contribution in [1.29, 1.82) is 0 Å². The summed E-state index contributed by atoms with van der Waals surface area (Å²) < 4.78 is 0. The first-order valence-electron chi connectivity index (χ1n) is 14.0. The van der Waals surface area contributed by atoms with Crippen LogP contribution in [0.25, 0.3) is 0 Å². The first-order chi connectivity index (χ1) is 15.4. The Bertz CT molecular complexity index is 804. The van der Waals surface area contributed by atoms with Crippen LogP contribution in [0.15, 0.2) is 12.2 Å². The number of rotatable bonds is 3. The zero-order valence-electron chi connectivity index (χ0n) is 22.0. The molecule has 3 N–H and O–H groups in total. The quantitative estimate of drug-likeness (QED) is 0.457. The molecule has 5 saturated carbocycles. The zero-order chi connectivity index (χ0) is 24.0. The van der Waals surface area contributed by atoms with Crippen LogP contribution in [0.2, 0.25) is 0 Å². The van der Waals surface area contributed by atoms with E-state index in [2.05, 4.69) is 41.2 Å². The summed E-state index contributed by atoms with van der Waals surface area (Å²) >= 11 is 0. The van der Waals surface area contributed by atoms with E-state index in [1.54, 1.807) is 0 Å². The number of hydrogen-bond donors (Lipinski definition) is 3. The summed E-state index contributed by atoms with van der Waals surface area (Å²) in [5.41, 5.74) is 1.92. The average Bonchev–Trinajstić information content (AvgIpc) is 3.17. The van der Waals surface area contributed by atoms with E-state index in [0.717, 1.165) is 37.7 Å². The Morgan fingerprint density at radius 3 is 2.18 bits per heavy atom. The normalized spacial score (nSPS) is 55.2. The lowest BCUT2D eigenvalue weighted by molar-refractivity contribution is -0.249. The lowest BCUT2D eigenvalue weighted by atomic mass is 9.32. The summed E-state index contributed by atoms with van der Waals surface area (Å²) in [5, 5.41) is 31.5. The van der Waals surface area contributed by atoms with Crippen LogP contribution in [0.5, 0.6) is 0 Å². The van der Waals surface area contributed by atoms with Gasteiger partial charge in [-0.2, -0.15) is 0 Å². The Kier molecular flexibility index (Phi) is 5.57. The highest BCUT2D eigenvalue weighted by Gasteiger charge is 2.70. The third-order valence-corrected chi connectivity index (χ3v) is 13.6. The maximum Gasteiger partial charge on any atom is 0.0641 e. The number of fused-ring (bicyclic) bond motifs is 7. The summed E-state index contributed by atoms with van der Waals surface area (Å²) in [6.45, 7) is 17.2. The summed E-state index contributed by atoms with van der Waals surface area (Å²) in [6, 6.07) is 0. The molecular weight excluding hydrogens is 408 g/mol. The van der Waals surface area contributed by atoms with Crippen LogP contribution in [0.4, 0.5) is 0 Å². The standard InChI is InChI=1S/C30H50O3/c1-19(17-31)20-9-14-30(18-32)16-15-28(5)21(25(20)30)7-8-23-27(4)12-11-24(33)26(2,3)22(27)10-13-29(23,28)6/h20-25,31-33H,1,7-18H2,2-6H3/t20-,21+,22-,23+,24-,25+,27-,28+,29+,30+/m0/s1. The van der Waals surface area contributed by atoms with E-state index in [1.165, 1.54) is 32.1 Å². The van der Waals surface area contributed by atoms with Crippen molar-refractivity contribution in [2.24, 2.45) is 56.7 Å². The van der Waals surface area contributed by atoms with Gasteiger partial charge in [-0.3, -0.25) is 0 Å². The Hall–Kier alpha value is -0.380. The lowest BCUT2D eigenvalue weighted by Gasteiger charge is -2.73. The van der Waals surface area contributed by atoms with Crippen LogP contribution >= 0.6 is 0 Å². The molecule has 10 atom stereocenters. The molecule has 3 nitrogen and oxygen atoms in total. The Morgan fingerprint density at radius 2 is 1.52 bits per heavy atom. The summed E-state index contributed by atoms with van der Waals surface area (Å²) in [7, 11) is 0. The van der Waals surface area contributed by atoms with Crippen molar-refractivity contribution in [2.75, 3.05) is 13.2 Å². The molecule has 0 aromatic rings. The summed E-state index contributed by atoms with van der Waals surface area (Å²) in [4.78, 5) is 0. The fraction of sp³-hybridized carbons (Fsp3) is 0.933. The van der Waals surface area contributed by atoms with Gasteiger partial charge in [0.15, 0.2) is 0 Å².